The van der Waals surface area contributed by atoms with Crippen molar-refractivity contribution in [1.82, 2.24) is 9.88 Å². The van der Waals surface area contributed by atoms with Crippen LogP contribution in [0.2, 0.25) is 0 Å². The summed E-state index contributed by atoms with van der Waals surface area (Å²) in [6, 6.07) is 0. The molecule has 1 saturated heterocycles. The van der Waals surface area contributed by atoms with Gasteiger partial charge in [0.05, 0.1) is 6.10 Å². The van der Waals surface area contributed by atoms with Crippen LogP contribution in [0.1, 0.15) is 24.3 Å². The van der Waals surface area contributed by atoms with Crippen LogP contribution in [0.5, 0.6) is 0 Å². The van der Waals surface area contributed by atoms with Crippen LogP contribution in [-0.2, 0) is 14.8 Å². The van der Waals surface area contributed by atoms with Gasteiger partial charge in [-0.15, -0.1) is 0 Å². The zero-order valence-electron chi connectivity index (χ0n) is 9.89. The van der Waals surface area contributed by atoms with Crippen LogP contribution in [0.3, 0.4) is 0 Å². The standard InChI is InChI=1S/C10H16N2O4S/c1-7-10(8(2)16-12-7)17(13,14)11-6-9-4-3-5-15-9/h9,11H,3-6H2,1-2H3/t9-/m0/s1. The van der Waals surface area contributed by atoms with Crippen molar-refractivity contribution in [3.05, 3.63) is 11.5 Å². The molecule has 1 aromatic rings. The highest BCUT2D eigenvalue weighted by molar-refractivity contribution is 7.89. The summed E-state index contributed by atoms with van der Waals surface area (Å²) in [4.78, 5) is 0.135. The molecule has 1 aliphatic rings. The summed E-state index contributed by atoms with van der Waals surface area (Å²) in [5.41, 5.74) is 0.377. The topological polar surface area (TPSA) is 81.4 Å². The van der Waals surface area contributed by atoms with E-state index in [1.54, 1.807) is 13.8 Å². The lowest BCUT2D eigenvalue weighted by molar-refractivity contribution is 0.114. The van der Waals surface area contributed by atoms with E-state index in [0.29, 0.717) is 24.6 Å². The fourth-order valence-electron chi connectivity index (χ4n) is 1.94. The highest BCUT2D eigenvalue weighted by atomic mass is 32.2. The first-order valence-corrected chi connectivity index (χ1v) is 7.03. The largest absolute Gasteiger partial charge is 0.377 e. The molecule has 6 nitrogen and oxygen atoms in total. The summed E-state index contributed by atoms with van der Waals surface area (Å²) in [6.45, 7) is 4.20. The molecular weight excluding hydrogens is 244 g/mol. The van der Waals surface area contributed by atoms with Crippen molar-refractivity contribution < 1.29 is 17.7 Å². The van der Waals surface area contributed by atoms with Crippen molar-refractivity contribution >= 4 is 10.0 Å². The summed E-state index contributed by atoms with van der Waals surface area (Å²) >= 11 is 0. The van der Waals surface area contributed by atoms with Crippen LogP contribution in [0.15, 0.2) is 9.42 Å². The molecule has 0 aromatic carbocycles. The second-order valence-corrected chi connectivity index (χ2v) is 5.84. The molecule has 7 heteroatoms. The van der Waals surface area contributed by atoms with Crippen molar-refractivity contribution in [2.24, 2.45) is 0 Å². The molecule has 1 aromatic heterocycles. The molecule has 1 aliphatic heterocycles. The van der Waals surface area contributed by atoms with E-state index in [9.17, 15) is 8.42 Å². The first-order valence-electron chi connectivity index (χ1n) is 5.55. The van der Waals surface area contributed by atoms with Crippen LogP contribution in [0.4, 0.5) is 0 Å². The average molecular weight is 260 g/mol. The summed E-state index contributed by atoms with van der Waals surface area (Å²) in [5, 5.41) is 3.64. The molecule has 0 radical (unpaired) electrons. The van der Waals surface area contributed by atoms with Crippen LogP contribution in [0, 0.1) is 13.8 Å². The number of aromatic nitrogens is 1. The highest BCUT2D eigenvalue weighted by Gasteiger charge is 2.25. The minimum atomic E-state index is -3.55. The van der Waals surface area contributed by atoms with E-state index in [-0.39, 0.29) is 11.0 Å². The van der Waals surface area contributed by atoms with Crippen LogP contribution >= 0.6 is 0 Å². The molecule has 0 amide bonds. The van der Waals surface area contributed by atoms with Gasteiger partial charge in [-0.25, -0.2) is 13.1 Å². The van der Waals surface area contributed by atoms with Gasteiger partial charge >= 0.3 is 0 Å². The predicted molar refractivity (Wildman–Crippen MR) is 60.1 cm³/mol. The van der Waals surface area contributed by atoms with E-state index in [4.69, 9.17) is 9.26 Å². The van der Waals surface area contributed by atoms with Crippen molar-refractivity contribution in [2.75, 3.05) is 13.2 Å². The fraction of sp³-hybridized carbons (Fsp3) is 0.700. The second-order valence-electron chi connectivity index (χ2n) is 4.14. The lowest BCUT2D eigenvalue weighted by Gasteiger charge is -2.10. The van der Waals surface area contributed by atoms with Crippen LogP contribution in [-0.4, -0.2) is 32.8 Å². The first-order chi connectivity index (χ1) is 8.00. The van der Waals surface area contributed by atoms with E-state index in [0.717, 1.165) is 12.8 Å². The third-order valence-electron chi connectivity index (χ3n) is 2.76. The van der Waals surface area contributed by atoms with Crippen LogP contribution < -0.4 is 4.72 Å². The Morgan fingerprint density at radius 1 is 1.47 bits per heavy atom. The summed E-state index contributed by atoms with van der Waals surface area (Å²) in [6.07, 6.45) is 1.85. The smallest absolute Gasteiger partial charge is 0.246 e. The molecule has 0 aliphatic carbocycles. The van der Waals surface area contributed by atoms with Gasteiger partial charge < -0.3 is 9.26 Å². The predicted octanol–water partition coefficient (Wildman–Crippen LogP) is 0.749. The van der Waals surface area contributed by atoms with E-state index in [1.807, 2.05) is 0 Å². The zero-order chi connectivity index (χ0) is 12.5. The maximum atomic E-state index is 12.0. The summed E-state index contributed by atoms with van der Waals surface area (Å²) in [5.74, 6) is 0.308. The molecular formula is C10H16N2O4S. The molecule has 1 atom stereocenters. The lowest BCUT2D eigenvalue weighted by atomic mass is 10.2. The minimum absolute atomic E-state index is 0.0229. The van der Waals surface area contributed by atoms with Crippen molar-refractivity contribution in [1.29, 1.82) is 0 Å². The molecule has 0 bridgehead atoms. The number of nitrogens with zero attached hydrogens (tertiary/aromatic N) is 1. The number of ether oxygens (including phenoxy) is 1. The number of nitrogens with one attached hydrogen (secondary N) is 1. The van der Waals surface area contributed by atoms with E-state index < -0.39 is 10.0 Å². The Hall–Kier alpha value is -0.920. The first kappa shape index (κ1) is 12.5. The number of hydrogen-bond donors (Lipinski definition) is 1. The van der Waals surface area contributed by atoms with Gasteiger partial charge in [-0.05, 0) is 26.7 Å². The number of hydrogen-bond acceptors (Lipinski definition) is 5. The third kappa shape index (κ3) is 2.67. The van der Waals surface area contributed by atoms with Gasteiger partial charge in [0.1, 0.15) is 10.6 Å². The van der Waals surface area contributed by atoms with Gasteiger partial charge in [0.15, 0.2) is 5.76 Å². The van der Waals surface area contributed by atoms with E-state index in [1.165, 1.54) is 0 Å². The Balaban J connectivity index is 2.08. The van der Waals surface area contributed by atoms with E-state index >= 15 is 0 Å². The van der Waals surface area contributed by atoms with Gasteiger partial charge in [0, 0.05) is 13.2 Å². The third-order valence-corrected chi connectivity index (χ3v) is 4.43. The molecule has 17 heavy (non-hydrogen) atoms. The van der Waals surface area contributed by atoms with Crippen molar-refractivity contribution in [2.45, 2.75) is 37.7 Å². The second kappa shape index (κ2) is 4.75. The van der Waals surface area contributed by atoms with Gasteiger partial charge in [-0.3, -0.25) is 0 Å². The molecule has 2 heterocycles. The van der Waals surface area contributed by atoms with Crippen LogP contribution in [0.25, 0.3) is 0 Å². The normalized spacial score (nSPS) is 20.9. The monoisotopic (exact) mass is 260 g/mol. The molecule has 0 unspecified atom stereocenters. The van der Waals surface area contributed by atoms with Gasteiger partial charge in [-0.1, -0.05) is 5.16 Å². The van der Waals surface area contributed by atoms with Gasteiger partial charge in [0.25, 0.3) is 0 Å². The highest BCUT2D eigenvalue weighted by Crippen LogP contribution is 2.19. The number of aryl methyl sites for hydroxylation is 2. The van der Waals surface area contributed by atoms with Crippen molar-refractivity contribution in [3.63, 3.8) is 0 Å². The van der Waals surface area contributed by atoms with Gasteiger partial charge in [0.2, 0.25) is 10.0 Å². The maximum Gasteiger partial charge on any atom is 0.246 e. The summed E-state index contributed by atoms with van der Waals surface area (Å²) < 4.78 is 36.8. The summed E-state index contributed by atoms with van der Waals surface area (Å²) in [7, 11) is -3.55. The SMILES string of the molecule is Cc1noc(C)c1S(=O)(=O)NC[C@@H]1CCCO1. The van der Waals surface area contributed by atoms with Gasteiger partial charge in [-0.2, -0.15) is 0 Å². The Kier molecular flexibility index (Phi) is 3.50. The average Bonchev–Trinajstić information content (AvgIpc) is 2.86. The minimum Gasteiger partial charge on any atom is -0.377 e. The molecule has 0 saturated carbocycles. The number of sulfonamides is 1. The molecule has 1 fully saturated rings. The maximum absolute atomic E-state index is 12.0. The molecule has 1 N–H and O–H groups in total. The lowest BCUT2D eigenvalue weighted by Crippen LogP contribution is -2.32. The molecule has 2 rings (SSSR count). The van der Waals surface area contributed by atoms with Crippen molar-refractivity contribution in [3.8, 4) is 0 Å². The van der Waals surface area contributed by atoms with E-state index in [2.05, 4.69) is 9.88 Å². The quantitative estimate of drug-likeness (QED) is 0.864. The number of rotatable bonds is 4. The molecule has 0 spiro atoms. The Bertz CT molecular complexity index is 469. The molecule has 96 valence electrons. The Morgan fingerprint density at radius 3 is 2.76 bits per heavy atom. The fourth-order valence-corrected chi connectivity index (χ4v) is 3.33. The Labute approximate surface area is 100 Å². The Morgan fingerprint density at radius 2 is 2.24 bits per heavy atom. The zero-order valence-corrected chi connectivity index (χ0v) is 10.7.